The van der Waals surface area contributed by atoms with E-state index in [4.69, 9.17) is 14.6 Å². The van der Waals surface area contributed by atoms with Crippen molar-refractivity contribution in [3.05, 3.63) is 0 Å². The number of aliphatic hydroxyl groups excluding tert-OH is 1. The molecule has 0 saturated heterocycles. The minimum atomic E-state index is -0.0859. The molecule has 3 nitrogen and oxygen atoms in total. The third-order valence-electron chi connectivity index (χ3n) is 1.77. The van der Waals surface area contributed by atoms with Crippen molar-refractivity contribution in [2.45, 2.75) is 45.8 Å². The first-order valence-corrected chi connectivity index (χ1v) is 5.04. The molecule has 0 rings (SSSR count). The monoisotopic (exact) mass is 190 g/mol. The van der Waals surface area contributed by atoms with Gasteiger partial charge in [0.15, 0.2) is 0 Å². The molecule has 0 aliphatic carbocycles. The molecule has 0 aromatic heterocycles. The average Bonchev–Trinajstić information content (AvgIpc) is 2.14. The van der Waals surface area contributed by atoms with Gasteiger partial charge in [0.1, 0.15) is 0 Å². The highest BCUT2D eigenvalue weighted by Gasteiger charge is 2.05. The van der Waals surface area contributed by atoms with E-state index in [-0.39, 0.29) is 18.8 Å². The Morgan fingerprint density at radius 2 is 1.85 bits per heavy atom. The van der Waals surface area contributed by atoms with Crippen LogP contribution in [0.3, 0.4) is 0 Å². The second kappa shape index (κ2) is 8.48. The predicted molar refractivity (Wildman–Crippen MR) is 52.8 cm³/mol. The van der Waals surface area contributed by atoms with Crippen molar-refractivity contribution in [1.82, 2.24) is 0 Å². The number of aliphatic hydroxyl groups is 1. The van der Waals surface area contributed by atoms with E-state index >= 15 is 0 Å². The maximum atomic E-state index is 8.70. The Morgan fingerprint density at radius 3 is 2.38 bits per heavy atom. The van der Waals surface area contributed by atoms with Gasteiger partial charge >= 0.3 is 0 Å². The quantitative estimate of drug-likeness (QED) is 0.591. The molecule has 0 aliphatic rings. The van der Waals surface area contributed by atoms with Gasteiger partial charge in [-0.15, -0.1) is 0 Å². The fourth-order valence-corrected chi connectivity index (χ4v) is 0.829. The van der Waals surface area contributed by atoms with Gasteiger partial charge in [0, 0.05) is 6.61 Å². The number of rotatable bonds is 8. The van der Waals surface area contributed by atoms with E-state index in [9.17, 15) is 0 Å². The molecule has 0 aromatic rings. The van der Waals surface area contributed by atoms with E-state index in [1.165, 1.54) is 0 Å². The van der Waals surface area contributed by atoms with Crippen LogP contribution in [-0.2, 0) is 9.47 Å². The van der Waals surface area contributed by atoms with Gasteiger partial charge in [-0.1, -0.05) is 13.3 Å². The Hall–Kier alpha value is -0.120. The lowest BCUT2D eigenvalue weighted by atomic mass is 10.3. The van der Waals surface area contributed by atoms with E-state index < -0.39 is 0 Å². The summed E-state index contributed by atoms with van der Waals surface area (Å²) in [4.78, 5) is 0. The molecule has 0 fully saturated rings. The lowest BCUT2D eigenvalue weighted by Gasteiger charge is -2.15. The summed E-state index contributed by atoms with van der Waals surface area (Å²) in [7, 11) is 0. The topological polar surface area (TPSA) is 38.7 Å². The Morgan fingerprint density at radius 1 is 1.15 bits per heavy atom. The summed E-state index contributed by atoms with van der Waals surface area (Å²) in [6.45, 7) is 7.40. The lowest BCUT2D eigenvalue weighted by molar-refractivity contribution is -0.0457. The fourth-order valence-electron chi connectivity index (χ4n) is 0.829. The van der Waals surface area contributed by atoms with Gasteiger partial charge in [-0.25, -0.2) is 0 Å². The van der Waals surface area contributed by atoms with Crippen molar-refractivity contribution in [3.63, 3.8) is 0 Å². The summed E-state index contributed by atoms with van der Waals surface area (Å²) in [5.41, 5.74) is 0. The maximum absolute atomic E-state index is 8.70. The molecular weight excluding hydrogens is 168 g/mol. The molecular formula is C10H22O3. The Labute approximate surface area is 81.0 Å². The summed E-state index contributed by atoms with van der Waals surface area (Å²) in [5, 5.41) is 8.70. The minimum absolute atomic E-state index is 0.0711. The van der Waals surface area contributed by atoms with Crippen LogP contribution in [0.25, 0.3) is 0 Å². The summed E-state index contributed by atoms with van der Waals surface area (Å²) in [5.74, 6) is 0. The Balaban J connectivity index is 3.24. The van der Waals surface area contributed by atoms with Crippen LogP contribution in [0.4, 0.5) is 0 Å². The SMILES string of the molecule is CCCCO[C@@H](C)CO[C@@H](C)CO. The van der Waals surface area contributed by atoms with Crippen molar-refractivity contribution < 1.29 is 14.6 Å². The van der Waals surface area contributed by atoms with E-state index in [2.05, 4.69) is 6.92 Å². The van der Waals surface area contributed by atoms with Crippen LogP contribution >= 0.6 is 0 Å². The molecule has 0 amide bonds. The first kappa shape index (κ1) is 12.9. The van der Waals surface area contributed by atoms with E-state index in [0.717, 1.165) is 19.4 Å². The van der Waals surface area contributed by atoms with Crippen LogP contribution < -0.4 is 0 Å². The second-order valence-electron chi connectivity index (χ2n) is 3.36. The maximum Gasteiger partial charge on any atom is 0.0780 e. The Kier molecular flexibility index (Phi) is 8.40. The van der Waals surface area contributed by atoms with E-state index in [0.29, 0.717) is 6.61 Å². The van der Waals surface area contributed by atoms with Gasteiger partial charge in [0.2, 0.25) is 0 Å². The van der Waals surface area contributed by atoms with Crippen LogP contribution in [0.1, 0.15) is 33.6 Å². The van der Waals surface area contributed by atoms with Crippen molar-refractivity contribution in [1.29, 1.82) is 0 Å². The van der Waals surface area contributed by atoms with E-state index in [1.807, 2.05) is 13.8 Å². The van der Waals surface area contributed by atoms with Gasteiger partial charge < -0.3 is 14.6 Å². The third-order valence-corrected chi connectivity index (χ3v) is 1.77. The van der Waals surface area contributed by atoms with Crippen molar-refractivity contribution >= 4 is 0 Å². The molecule has 0 aromatic carbocycles. The van der Waals surface area contributed by atoms with Crippen LogP contribution in [0.15, 0.2) is 0 Å². The largest absolute Gasteiger partial charge is 0.394 e. The molecule has 80 valence electrons. The average molecular weight is 190 g/mol. The third kappa shape index (κ3) is 8.22. The summed E-state index contributed by atoms with van der Waals surface area (Å²) in [6.07, 6.45) is 2.29. The normalized spacial score (nSPS) is 15.7. The van der Waals surface area contributed by atoms with Gasteiger partial charge in [-0.3, -0.25) is 0 Å². The zero-order valence-electron chi connectivity index (χ0n) is 8.95. The van der Waals surface area contributed by atoms with Crippen LogP contribution in [-0.4, -0.2) is 37.1 Å². The highest BCUT2D eigenvalue weighted by atomic mass is 16.5. The molecule has 13 heavy (non-hydrogen) atoms. The molecule has 0 saturated carbocycles. The minimum Gasteiger partial charge on any atom is -0.394 e. The molecule has 1 N–H and O–H groups in total. The molecule has 0 spiro atoms. The van der Waals surface area contributed by atoms with Crippen LogP contribution in [0.2, 0.25) is 0 Å². The smallest absolute Gasteiger partial charge is 0.0780 e. The van der Waals surface area contributed by atoms with Crippen molar-refractivity contribution in [3.8, 4) is 0 Å². The number of hydrogen-bond acceptors (Lipinski definition) is 3. The molecule has 0 aliphatic heterocycles. The zero-order chi connectivity index (χ0) is 10.1. The lowest BCUT2D eigenvalue weighted by Crippen LogP contribution is -2.22. The number of hydrogen-bond donors (Lipinski definition) is 1. The van der Waals surface area contributed by atoms with Gasteiger partial charge in [-0.05, 0) is 20.3 Å². The molecule has 2 atom stereocenters. The Bertz CT molecular complexity index is 106. The van der Waals surface area contributed by atoms with Crippen LogP contribution in [0.5, 0.6) is 0 Å². The fraction of sp³-hybridized carbons (Fsp3) is 1.00. The van der Waals surface area contributed by atoms with Gasteiger partial charge in [-0.2, -0.15) is 0 Å². The number of ether oxygens (including phenoxy) is 2. The molecule has 0 heterocycles. The molecule has 3 heteroatoms. The first-order chi connectivity index (χ1) is 6.20. The standard InChI is InChI=1S/C10H22O3/c1-4-5-6-12-10(3)8-13-9(2)7-11/h9-11H,4-8H2,1-3H3/t9-,10-/m0/s1. The first-order valence-electron chi connectivity index (χ1n) is 5.04. The van der Waals surface area contributed by atoms with Crippen LogP contribution in [0, 0.1) is 0 Å². The van der Waals surface area contributed by atoms with Gasteiger partial charge in [0.25, 0.3) is 0 Å². The number of unbranched alkanes of at least 4 members (excludes halogenated alkanes) is 1. The molecule has 0 bridgehead atoms. The molecule has 0 radical (unpaired) electrons. The highest BCUT2D eigenvalue weighted by Crippen LogP contribution is 1.98. The zero-order valence-corrected chi connectivity index (χ0v) is 8.95. The summed E-state index contributed by atoms with van der Waals surface area (Å²) < 4.78 is 10.8. The second-order valence-corrected chi connectivity index (χ2v) is 3.36. The summed E-state index contributed by atoms with van der Waals surface area (Å²) >= 11 is 0. The van der Waals surface area contributed by atoms with E-state index in [1.54, 1.807) is 0 Å². The van der Waals surface area contributed by atoms with Crippen molar-refractivity contribution in [2.75, 3.05) is 19.8 Å². The predicted octanol–water partition coefficient (Wildman–Crippen LogP) is 1.59. The highest BCUT2D eigenvalue weighted by molar-refractivity contribution is 4.51. The van der Waals surface area contributed by atoms with Gasteiger partial charge in [0.05, 0.1) is 25.4 Å². The molecule has 0 unspecified atom stereocenters. The van der Waals surface area contributed by atoms with Crippen molar-refractivity contribution in [2.24, 2.45) is 0 Å². The summed E-state index contributed by atoms with van der Waals surface area (Å²) in [6, 6.07) is 0.